The summed E-state index contributed by atoms with van der Waals surface area (Å²) in [6.45, 7) is 2.96. The van der Waals surface area contributed by atoms with E-state index in [1.54, 1.807) is 11.8 Å². The van der Waals surface area contributed by atoms with E-state index >= 15 is 0 Å². The van der Waals surface area contributed by atoms with Crippen LogP contribution in [0.1, 0.15) is 19.8 Å². The number of para-hydroxylation sites is 1. The Balaban J connectivity index is 1.94. The van der Waals surface area contributed by atoms with Gasteiger partial charge in [0.25, 0.3) is 5.91 Å². The third kappa shape index (κ3) is 3.70. The zero-order valence-electron chi connectivity index (χ0n) is 10.9. The Morgan fingerprint density at radius 3 is 2.68 bits per heavy atom. The smallest absolute Gasteiger partial charge is 0.263 e. The predicted octanol–water partition coefficient (Wildman–Crippen LogP) is 2.20. The average Bonchev–Trinajstić information content (AvgIpc) is 2.41. The Labute approximate surface area is 121 Å². The van der Waals surface area contributed by atoms with Crippen LogP contribution in [0.4, 0.5) is 0 Å². The third-order valence-electron chi connectivity index (χ3n) is 3.26. The lowest BCUT2D eigenvalue weighted by Gasteiger charge is -2.31. The van der Waals surface area contributed by atoms with Crippen LogP contribution in [0.5, 0.6) is 5.75 Å². The molecule has 0 aromatic heterocycles. The van der Waals surface area contributed by atoms with Crippen LogP contribution in [0, 0.1) is 0 Å². The molecule has 1 aliphatic rings. The van der Waals surface area contributed by atoms with Crippen molar-refractivity contribution in [2.75, 3.05) is 13.1 Å². The van der Waals surface area contributed by atoms with Gasteiger partial charge in [-0.15, -0.1) is 0 Å². The van der Waals surface area contributed by atoms with E-state index in [0.29, 0.717) is 31.7 Å². The molecule has 1 N–H and O–H groups in total. The highest BCUT2D eigenvalue weighted by Crippen LogP contribution is 2.25. The summed E-state index contributed by atoms with van der Waals surface area (Å²) in [7, 11) is 0. The van der Waals surface area contributed by atoms with Crippen molar-refractivity contribution < 1.29 is 14.6 Å². The van der Waals surface area contributed by atoms with Crippen LogP contribution >= 0.6 is 15.9 Å². The quantitative estimate of drug-likeness (QED) is 0.925. The summed E-state index contributed by atoms with van der Waals surface area (Å²) in [5.41, 5.74) is 0. The number of aliphatic hydroxyl groups excluding tert-OH is 1. The number of piperidine rings is 1. The van der Waals surface area contributed by atoms with Crippen molar-refractivity contribution in [1.82, 2.24) is 4.90 Å². The van der Waals surface area contributed by atoms with E-state index < -0.39 is 6.10 Å². The molecule has 1 aliphatic heterocycles. The van der Waals surface area contributed by atoms with Crippen molar-refractivity contribution in [3.05, 3.63) is 28.7 Å². The lowest BCUT2D eigenvalue weighted by atomic mass is 10.1. The number of ether oxygens (including phenoxy) is 1. The first kappa shape index (κ1) is 14.3. The molecule has 1 fully saturated rings. The number of hydrogen-bond donors (Lipinski definition) is 1. The summed E-state index contributed by atoms with van der Waals surface area (Å²) in [6, 6.07) is 7.47. The summed E-state index contributed by atoms with van der Waals surface area (Å²) >= 11 is 3.39. The van der Waals surface area contributed by atoms with Crippen molar-refractivity contribution in [3.63, 3.8) is 0 Å². The number of amides is 1. The summed E-state index contributed by atoms with van der Waals surface area (Å²) in [5.74, 6) is 0.642. The molecule has 1 unspecified atom stereocenters. The van der Waals surface area contributed by atoms with Crippen molar-refractivity contribution in [1.29, 1.82) is 0 Å². The highest BCUT2D eigenvalue weighted by molar-refractivity contribution is 9.10. The topological polar surface area (TPSA) is 49.8 Å². The van der Waals surface area contributed by atoms with E-state index in [2.05, 4.69) is 15.9 Å². The number of nitrogens with zero attached hydrogens (tertiary/aromatic N) is 1. The molecular formula is C14H18BrNO3. The van der Waals surface area contributed by atoms with Gasteiger partial charge < -0.3 is 14.7 Å². The fraction of sp³-hybridized carbons (Fsp3) is 0.500. The number of likely N-dealkylation sites (tertiary alicyclic amines) is 1. The Hall–Kier alpha value is -1.07. The zero-order valence-corrected chi connectivity index (χ0v) is 12.5. The molecule has 0 aliphatic carbocycles. The molecule has 5 heteroatoms. The summed E-state index contributed by atoms with van der Waals surface area (Å²) < 4.78 is 6.52. The lowest BCUT2D eigenvalue weighted by Crippen LogP contribution is -2.45. The molecule has 1 atom stereocenters. The molecule has 19 heavy (non-hydrogen) atoms. The Morgan fingerprint density at radius 1 is 1.42 bits per heavy atom. The predicted molar refractivity (Wildman–Crippen MR) is 76.1 cm³/mol. The van der Waals surface area contributed by atoms with Gasteiger partial charge in [0.05, 0.1) is 10.6 Å². The molecular weight excluding hydrogens is 310 g/mol. The number of carbonyl (C=O) groups is 1. The fourth-order valence-corrected chi connectivity index (χ4v) is 2.50. The number of carbonyl (C=O) groups excluding carboxylic acids is 1. The van der Waals surface area contributed by atoms with Gasteiger partial charge in [-0.3, -0.25) is 4.79 Å². The summed E-state index contributed by atoms with van der Waals surface area (Å²) in [4.78, 5) is 14.0. The molecule has 0 spiro atoms. The van der Waals surface area contributed by atoms with Gasteiger partial charge in [0.15, 0.2) is 6.10 Å². The molecule has 1 saturated heterocycles. The van der Waals surface area contributed by atoms with E-state index in [0.717, 1.165) is 4.47 Å². The van der Waals surface area contributed by atoms with Gasteiger partial charge >= 0.3 is 0 Å². The van der Waals surface area contributed by atoms with Crippen molar-refractivity contribution >= 4 is 21.8 Å². The molecule has 0 saturated carbocycles. The van der Waals surface area contributed by atoms with E-state index in [-0.39, 0.29) is 12.0 Å². The summed E-state index contributed by atoms with van der Waals surface area (Å²) in [5, 5.41) is 9.44. The molecule has 0 radical (unpaired) electrons. The second-order valence-electron chi connectivity index (χ2n) is 4.75. The molecule has 1 aromatic carbocycles. The minimum Gasteiger partial charge on any atom is -0.480 e. The van der Waals surface area contributed by atoms with E-state index in [9.17, 15) is 9.90 Å². The highest BCUT2D eigenvalue weighted by Gasteiger charge is 2.26. The molecule has 4 nitrogen and oxygen atoms in total. The standard InChI is InChI=1S/C14H18BrNO3/c1-10(19-13-5-3-2-4-12(13)15)14(18)16-8-6-11(17)7-9-16/h2-5,10-11,17H,6-9H2,1H3. The van der Waals surface area contributed by atoms with Gasteiger partial charge in [-0.25, -0.2) is 0 Å². The Bertz CT molecular complexity index is 444. The van der Waals surface area contributed by atoms with Crippen LogP contribution in [0.3, 0.4) is 0 Å². The third-order valence-corrected chi connectivity index (χ3v) is 3.92. The number of hydrogen-bond acceptors (Lipinski definition) is 3. The van der Waals surface area contributed by atoms with Gasteiger partial charge in [0.1, 0.15) is 5.75 Å². The monoisotopic (exact) mass is 327 g/mol. The van der Waals surface area contributed by atoms with Crippen LogP contribution in [0.2, 0.25) is 0 Å². The van der Waals surface area contributed by atoms with Crippen LogP contribution in [0.25, 0.3) is 0 Å². The maximum absolute atomic E-state index is 12.2. The van der Waals surface area contributed by atoms with Gasteiger partial charge in [-0.05, 0) is 47.8 Å². The van der Waals surface area contributed by atoms with E-state index in [1.165, 1.54) is 0 Å². The fourth-order valence-electron chi connectivity index (χ4n) is 2.12. The van der Waals surface area contributed by atoms with Crippen LogP contribution < -0.4 is 4.74 Å². The molecule has 1 aromatic rings. The average molecular weight is 328 g/mol. The van der Waals surface area contributed by atoms with Gasteiger partial charge in [-0.2, -0.15) is 0 Å². The van der Waals surface area contributed by atoms with Crippen molar-refractivity contribution in [2.24, 2.45) is 0 Å². The zero-order chi connectivity index (χ0) is 13.8. The van der Waals surface area contributed by atoms with Gasteiger partial charge in [0, 0.05) is 13.1 Å². The van der Waals surface area contributed by atoms with Crippen LogP contribution in [-0.2, 0) is 4.79 Å². The largest absolute Gasteiger partial charge is 0.480 e. The first-order valence-electron chi connectivity index (χ1n) is 6.46. The second kappa shape index (κ2) is 6.39. The van der Waals surface area contributed by atoms with Gasteiger partial charge in [0.2, 0.25) is 0 Å². The minimum absolute atomic E-state index is 0.0253. The van der Waals surface area contributed by atoms with E-state index in [1.807, 2.05) is 24.3 Å². The van der Waals surface area contributed by atoms with E-state index in [4.69, 9.17) is 4.74 Å². The second-order valence-corrected chi connectivity index (χ2v) is 5.60. The molecule has 1 amide bonds. The minimum atomic E-state index is -0.519. The van der Waals surface area contributed by atoms with Gasteiger partial charge in [-0.1, -0.05) is 12.1 Å². The number of rotatable bonds is 3. The first-order valence-corrected chi connectivity index (χ1v) is 7.25. The maximum atomic E-state index is 12.2. The molecule has 2 rings (SSSR count). The number of halogens is 1. The Morgan fingerprint density at radius 2 is 2.05 bits per heavy atom. The lowest BCUT2D eigenvalue weighted by molar-refractivity contribution is -0.140. The first-order chi connectivity index (χ1) is 9.08. The van der Waals surface area contributed by atoms with Crippen molar-refractivity contribution in [3.8, 4) is 5.75 Å². The number of benzene rings is 1. The molecule has 104 valence electrons. The van der Waals surface area contributed by atoms with Crippen LogP contribution in [-0.4, -0.2) is 41.2 Å². The normalized spacial score (nSPS) is 18.2. The molecule has 1 heterocycles. The SMILES string of the molecule is CC(Oc1ccccc1Br)C(=O)N1CCC(O)CC1. The molecule has 0 bridgehead atoms. The maximum Gasteiger partial charge on any atom is 0.263 e. The van der Waals surface area contributed by atoms with Crippen molar-refractivity contribution in [2.45, 2.75) is 32.0 Å². The highest BCUT2D eigenvalue weighted by atomic mass is 79.9. The Kier molecular flexibility index (Phi) is 4.82. The van der Waals surface area contributed by atoms with Crippen LogP contribution in [0.15, 0.2) is 28.7 Å². The number of aliphatic hydroxyl groups is 1. The summed E-state index contributed by atoms with van der Waals surface area (Å²) in [6.07, 6.45) is 0.499.